The van der Waals surface area contributed by atoms with Crippen LogP contribution in [0.15, 0.2) is 30.3 Å². The quantitative estimate of drug-likeness (QED) is 0.561. The Morgan fingerprint density at radius 3 is 2.36 bits per heavy atom. The maximum Gasteiger partial charge on any atom is 0.267 e. The molecule has 1 fully saturated rings. The van der Waals surface area contributed by atoms with E-state index in [1.807, 2.05) is 12.1 Å². The number of benzene rings is 2. The van der Waals surface area contributed by atoms with Gasteiger partial charge in [0.15, 0.2) is 0 Å². The molecule has 0 aromatic heterocycles. The highest BCUT2D eigenvalue weighted by Crippen LogP contribution is 2.31. The molecule has 1 unspecified atom stereocenters. The number of ether oxygens (including phenoxy) is 1. The first-order valence-electron chi connectivity index (χ1n) is 10.6. The van der Waals surface area contributed by atoms with Gasteiger partial charge >= 0.3 is 0 Å². The molecule has 0 aliphatic carbocycles. The second kappa shape index (κ2) is 10.6. The van der Waals surface area contributed by atoms with Crippen molar-refractivity contribution in [2.75, 3.05) is 26.0 Å². The van der Waals surface area contributed by atoms with Gasteiger partial charge in [0.25, 0.3) is 5.91 Å². The van der Waals surface area contributed by atoms with E-state index < -0.39 is 21.7 Å². The number of hydrogen-bond acceptors (Lipinski definition) is 5. The smallest absolute Gasteiger partial charge is 0.267 e. The SMILES string of the molecule is Cc1cc(C(=O)NS(C)(=O)=O)c(F)cc1OCC1CCN(C(C)c2cc(Cl)cc(Cl)c2)CC1. The fraction of sp³-hybridized carbons (Fsp3) is 0.435. The van der Waals surface area contributed by atoms with Crippen molar-refractivity contribution in [1.29, 1.82) is 0 Å². The lowest BCUT2D eigenvalue weighted by atomic mass is 9.95. The van der Waals surface area contributed by atoms with Crippen LogP contribution in [0.2, 0.25) is 10.0 Å². The van der Waals surface area contributed by atoms with E-state index in [1.54, 1.807) is 17.7 Å². The summed E-state index contributed by atoms with van der Waals surface area (Å²) in [6, 6.07) is 8.20. The lowest BCUT2D eigenvalue weighted by molar-refractivity contribution is 0.0977. The predicted molar refractivity (Wildman–Crippen MR) is 128 cm³/mol. The summed E-state index contributed by atoms with van der Waals surface area (Å²) in [5.74, 6) is -1.19. The van der Waals surface area contributed by atoms with E-state index >= 15 is 0 Å². The Hall–Kier alpha value is -1.87. The molecule has 1 heterocycles. The first kappa shape index (κ1) is 25.7. The third kappa shape index (κ3) is 7.06. The number of sulfonamides is 1. The molecule has 33 heavy (non-hydrogen) atoms. The highest BCUT2D eigenvalue weighted by molar-refractivity contribution is 7.89. The average Bonchev–Trinajstić information content (AvgIpc) is 2.72. The van der Waals surface area contributed by atoms with Crippen molar-refractivity contribution in [1.82, 2.24) is 9.62 Å². The second-order valence-electron chi connectivity index (χ2n) is 8.47. The summed E-state index contributed by atoms with van der Waals surface area (Å²) >= 11 is 12.3. The number of nitrogens with one attached hydrogen (secondary N) is 1. The monoisotopic (exact) mass is 516 g/mol. The molecule has 1 atom stereocenters. The summed E-state index contributed by atoms with van der Waals surface area (Å²) in [5, 5.41) is 1.24. The van der Waals surface area contributed by atoms with Gasteiger partial charge in [0.1, 0.15) is 11.6 Å². The second-order valence-corrected chi connectivity index (χ2v) is 11.1. The van der Waals surface area contributed by atoms with Gasteiger partial charge in [0.2, 0.25) is 10.0 Å². The molecule has 2 aromatic rings. The minimum Gasteiger partial charge on any atom is -0.493 e. The largest absolute Gasteiger partial charge is 0.493 e. The lowest BCUT2D eigenvalue weighted by Gasteiger charge is -2.36. The van der Waals surface area contributed by atoms with Crippen molar-refractivity contribution in [2.45, 2.75) is 32.7 Å². The summed E-state index contributed by atoms with van der Waals surface area (Å²) in [4.78, 5) is 14.4. The van der Waals surface area contributed by atoms with Crippen molar-refractivity contribution in [2.24, 2.45) is 5.92 Å². The molecule has 2 aromatic carbocycles. The van der Waals surface area contributed by atoms with Crippen LogP contribution in [0.25, 0.3) is 0 Å². The van der Waals surface area contributed by atoms with Gasteiger partial charge < -0.3 is 4.74 Å². The van der Waals surface area contributed by atoms with Crippen LogP contribution in [-0.4, -0.2) is 45.2 Å². The number of piperidine rings is 1. The molecule has 1 aliphatic rings. The Morgan fingerprint density at radius 2 is 1.79 bits per heavy atom. The number of likely N-dealkylation sites (tertiary alicyclic amines) is 1. The number of rotatable bonds is 7. The molecule has 1 saturated heterocycles. The normalized spacial score (nSPS) is 16.4. The highest BCUT2D eigenvalue weighted by Gasteiger charge is 2.25. The van der Waals surface area contributed by atoms with Crippen molar-refractivity contribution in [3.63, 3.8) is 0 Å². The number of carbonyl (C=O) groups excluding carboxylic acids is 1. The first-order valence-corrected chi connectivity index (χ1v) is 13.2. The molecule has 6 nitrogen and oxygen atoms in total. The van der Waals surface area contributed by atoms with E-state index in [9.17, 15) is 17.6 Å². The fourth-order valence-electron chi connectivity index (χ4n) is 3.96. The van der Waals surface area contributed by atoms with Crippen molar-refractivity contribution in [3.8, 4) is 5.75 Å². The van der Waals surface area contributed by atoms with Gasteiger partial charge in [-0.3, -0.25) is 9.69 Å². The Labute approximate surface area is 204 Å². The Bertz CT molecular complexity index is 1120. The van der Waals surface area contributed by atoms with Crippen LogP contribution in [0.5, 0.6) is 5.75 Å². The number of aryl methyl sites for hydroxylation is 1. The van der Waals surface area contributed by atoms with Gasteiger partial charge in [-0.1, -0.05) is 23.2 Å². The highest BCUT2D eigenvalue weighted by atomic mass is 35.5. The molecule has 1 amide bonds. The number of hydrogen-bond donors (Lipinski definition) is 1. The zero-order valence-corrected chi connectivity index (χ0v) is 21.0. The van der Waals surface area contributed by atoms with Gasteiger partial charge in [-0.15, -0.1) is 0 Å². The Kier molecular flexibility index (Phi) is 8.26. The van der Waals surface area contributed by atoms with E-state index in [4.69, 9.17) is 27.9 Å². The molecule has 0 spiro atoms. The number of nitrogens with zero attached hydrogens (tertiary/aromatic N) is 1. The summed E-state index contributed by atoms with van der Waals surface area (Å²) in [6.07, 6.45) is 2.69. The summed E-state index contributed by atoms with van der Waals surface area (Å²) in [7, 11) is -3.78. The van der Waals surface area contributed by atoms with Crippen molar-refractivity contribution < 1.29 is 22.3 Å². The van der Waals surface area contributed by atoms with Gasteiger partial charge in [0, 0.05) is 22.2 Å². The summed E-state index contributed by atoms with van der Waals surface area (Å²) < 4.78 is 44.5. The van der Waals surface area contributed by atoms with E-state index in [2.05, 4.69) is 11.8 Å². The molecule has 1 N–H and O–H groups in total. The molecular formula is C23H27Cl2FN2O4S. The molecule has 10 heteroatoms. The van der Waals surface area contributed by atoms with Crippen LogP contribution >= 0.6 is 23.2 Å². The van der Waals surface area contributed by atoms with Crippen molar-refractivity contribution in [3.05, 3.63) is 62.9 Å². The third-order valence-corrected chi connectivity index (χ3v) is 6.82. The van der Waals surface area contributed by atoms with E-state index in [0.717, 1.165) is 43.8 Å². The molecular weight excluding hydrogens is 490 g/mol. The topological polar surface area (TPSA) is 75.7 Å². The van der Waals surface area contributed by atoms with Crippen LogP contribution in [0, 0.1) is 18.7 Å². The number of amides is 1. The Morgan fingerprint density at radius 1 is 1.18 bits per heavy atom. The van der Waals surface area contributed by atoms with Gasteiger partial charge in [-0.25, -0.2) is 17.5 Å². The fourth-order valence-corrected chi connectivity index (χ4v) is 4.95. The zero-order chi connectivity index (χ0) is 24.3. The number of halogens is 3. The van der Waals surface area contributed by atoms with Crippen LogP contribution in [0.4, 0.5) is 4.39 Å². The van der Waals surface area contributed by atoms with Crippen LogP contribution in [-0.2, 0) is 10.0 Å². The van der Waals surface area contributed by atoms with E-state index in [0.29, 0.717) is 33.9 Å². The first-order chi connectivity index (χ1) is 15.4. The molecule has 1 aliphatic heterocycles. The summed E-state index contributed by atoms with van der Waals surface area (Å²) in [5.41, 5.74) is 1.29. The molecule has 0 bridgehead atoms. The molecule has 180 valence electrons. The maximum atomic E-state index is 14.4. The molecule has 0 radical (unpaired) electrons. The van der Waals surface area contributed by atoms with E-state index in [-0.39, 0.29) is 11.6 Å². The van der Waals surface area contributed by atoms with Crippen LogP contribution in [0.1, 0.15) is 47.3 Å². The van der Waals surface area contributed by atoms with Gasteiger partial charge in [-0.05, 0) is 81.1 Å². The average molecular weight is 517 g/mol. The molecule has 0 saturated carbocycles. The third-order valence-electron chi connectivity index (χ3n) is 5.83. The minimum atomic E-state index is -3.78. The van der Waals surface area contributed by atoms with Crippen LogP contribution in [0.3, 0.4) is 0 Å². The predicted octanol–water partition coefficient (Wildman–Crippen LogP) is 4.98. The van der Waals surface area contributed by atoms with Gasteiger partial charge in [-0.2, -0.15) is 0 Å². The zero-order valence-electron chi connectivity index (χ0n) is 18.7. The van der Waals surface area contributed by atoms with Crippen molar-refractivity contribution >= 4 is 39.1 Å². The Balaban J connectivity index is 1.56. The molecule has 3 rings (SSSR count). The standard InChI is InChI=1S/C23H27Cl2FN2O4S/c1-14-8-20(23(29)27-33(3,30)31)21(26)12-22(14)32-13-16-4-6-28(7-5-16)15(2)17-9-18(24)11-19(25)10-17/h8-12,15-16H,4-7,13H2,1-3H3,(H,27,29). The van der Waals surface area contributed by atoms with E-state index in [1.165, 1.54) is 6.07 Å². The minimum absolute atomic E-state index is 0.185. The summed E-state index contributed by atoms with van der Waals surface area (Å²) in [6.45, 7) is 6.02. The van der Waals surface area contributed by atoms with Gasteiger partial charge in [0.05, 0.1) is 18.4 Å². The maximum absolute atomic E-state index is 14.4. The van der Waals surface area contributed by atoms with Crippen LogP contribution < -0.4 is 9.46 Å². The number of carbonyl (C=O) groups is 1. The lowest BCUT2D eigenvalue weighted by Crippen LogP contribution is -2.37.